The molecule has 0 N–H and O–H groups in total. The molecule has 0 amide bonds. The Labute approximate surface area is 96.2 Å². The zero-order chi connectivity index (χ0) is 11.5. The van der Waals surface area contributed by atoms with Crippen LogP contribution in [0.3, 0.4) is 0 Å². The second-order valence-corrected chi connectivity index (χ2v) is 4.01. The Bertz CT molecular complexity index is 418. The molecule has 3 heteroatoms. The Balaban J connectivity index is 2.39. The minimum absolute atomic E-state index is 0.615. The van der Waals surface area contributed by atoms with Gasteiger partial charge in [-0.05, 0) is 31.9 Å². The first-order chi connectivity index (χ1) is 7.80. The van der Waals surface area contributed by atoms with Gasteiger partial charge in [-0.2, -0.15) is 5.26 Å². The summed E-state index contributed by atoms with van der Waals surface area (Å²) >= 11 is 0. The molecule has 2 rings (SSSR count). The maximum atomic E-state index is 9.11. The topological polar surface area (TPSA) is 36.3 Å². The zero-order valence-electron chi connectivity index (χ0n) is 9.73. The highest BCUT2D eigenvalue weighted by Crippen LogP contribution is 2.34. The molecule has 1 saturated carbocycles. The van der Waals surface area contributed by atoms with Gasteiger partial charge in [-0.1, -0.05) is 0 Å². The van der Waals surface area contributed by atoms with Crippen LogP contribution < -0.4 is 9.64 Å². The molecule has 0 spiro atoms. The molecule has 0 heterocycles. The predicted molar refractivity (Wildman–Crippen MR) is 63.8 cm³/mol. The smallest absolute Gasteiger partial charge is 0.121 e. The van der Waals surface area contributed by atoms with E-state index in [1.807, 2.05) is 18.2 Å². The summed E-state index contributed by atoms with van der Waals surface area (Å²) in [5.74, 6) is 0.813. The predicted octanol–water partition coefficient (Wildman–Crippen LogP) is 2.56. The molecule has 0 atom stereocenters. The van der Waals surface area contributed by atoms with Crippen molar-refractivity contribution in [1.82, 2.24) is 0 Å². The highest BCUT2D eigenvalue weighted by Gasteiger charge is 2.29. The number of benzene rings is 1. The van der Waals surface area contributed by atoms with Crippen molar-refractivity contribution in [1.29, 1.82) is 5.26 Å². The van der Waals surface area contributed by atoms with Gasteiger partial charge in [0.25, 0.3) is 0 Å². The summed E-state index contributed by atoms with van der Waals surface area (Å²) in [6.45, 7) is 3.06. The number of anilines is 1. The third-order valence-electron chi connectivity index (χ3n) is 2.96. The van der Waals surface area contributed by atoms with E-state index < -0.39 is 0 Å². The van der Waals surface area contributed by atoms with Crippen LogP contribution in [0.5, 0.6) is 5.75 Å². The fraction of sp³-hybridized carbons (Fsp3) is 0.462. The van der Waals surface area contributed by atoms with E-state index in [2.05, 4.69) is 17.9 Å². The van der Waals surface area contributed by atoms with Gasteiger partial charge in [0.15, 0.2) is 0 Å². The van der Waals surface area contributed by atoms with Gasteiger partial charge in [0, 0.05) is 18.7 Å². The van der Waals surface area contributed by atoms with Crippen molar-refractivity contribution in [3.05, 3.63) is 23.8 Å². The second kappa shape index (κ2) is 4.44. The van der Waals surface area contributed by atoms with Crippen LogP contribution in [-0.4, -0.2) is 19.7 Å². The lowest BCUT2D eigenvalue weighted by molar-refractivity contribution is 0.414. The standard InChI is InChI=1S/C13H16N2O/c1-3-15(11-5-6-11)13-8-12(16-2)7-4-10(13)9-14/h4,7-8,11H,3,5-6H2,1-2H3. The van der Waals surface area contributed by atoms with Crippen molar-refractivity contribution < 1.29 is 4.74 Å². The molecule has 1 aromatic rings. The van der Waals surface area contributed by atoms with Gasteiger partial charge in [-0.25, -0.2) is 0 Å². The summed E-state index contributed by atoms with van der Waals surface area (Å²) < 4.78 is 5.21. The Morgan fingerprint density at radius 2 is 2.25 bits per heavy atom. The molecule has 0 unspecified atom stereocenters. The maximum Gasteiger partial charge on any atom is 0.121 e. The molecule has 3 nitrogen and oxygen atoms in total. The molecule has 16 heavy (non-hydrogen) atoms. The fourth-order valence-electron chi connectivity index (χ4n) is 1.98. The van der Waals surface area contributed by atoms with Gasteiger partial charge in [-0.3, -0.25) is 0 Å². The first-order valence-electron chi connectivity index (χ1n) is 5.65. The van der Waals surface area contributed by atoms with Crippen molar-refractivity contribution in [3.8, 4) is 11.8 Å². The lowest BCUT2D eigenvalue weighted by Crippen LogP contribution is -2.25. The molecule has 1 aliphatic carbocycles. The zero-order valence-corrected chi connectivity index (χ0v) is 9.73. The lowest BCUT2D eigenvalue weighted by Gasteiger charge is -2.24. The first-order valence-corrected chi connectivity index (χ1v) is 5.65. The quantitative estimate of drug-likeness (QED) is 0.776. The molecular formula is C13H16N2O. The SMILES string of the molecule is CCN(c1cc(OC)ccc1C#N)C1CC1. The van der Waals surface area contributed by atoms with Crippen LogP contribution in [0.2, 0.25) is 0 Å². The van der Waals surface area contributed by atoms with Crippen LogP contribution in [0, 0.1) is 11.3 Å². The maximum absolute atomic E-state index is 9.11. The average Bonchev–Trinajstić information content (AvgIpc) is 3.14. The van der Waals surface area contributed by atoms with Crippen LogP contribution >= 0.6 is 0 Å². The van der Waals surface area contributed by atoms with E-state index in [9.17, 15) is 0 Å². The summed E-state index contributed by atoms with van der Waals surface area (Å²) in [6, 6.07) is 8.49. The van der Waals surface area contributed by atoms with E-state index in [4.69, 9.17) is 10.00 Å². The first kappa shape index (κ1) is 10.8. The van der Waals surface area contributed by atoms with Gasteiger partial charge in [0.2, 0.25) is 0 Å². The molecule has 0 radical (unpaired) electrons. The van der Waals surface area contributed by atoms with Crippen molar-refractivity contribution in [2.45, 2.75) is 25.8 Å². The molecule has 0 aliphatic heterocycles. The summed E-state index contributed by atoms with van der Waals surface area (Å²) in [4.78, 5) is 2.29. The molecule has 1 aromatic carbocycles. The number of methoxy groups -OCH3 is 1. The van der Waals surface area contributed by atoms with Crippen LogP contribution in [-0.2, 0) is 0 Å². The largest absolute Gasteiger partial charge is 0.497 e. The third kappa shape index (κ3) is 1.96. The Hall–Kier alpha value is -1.69. The van der Waals surface area contributed by atoms with Crippen LogP contribution in [0.15, 0.2) is 18.2 Å². The molecule has 0 aromatic heterocycles. The number of nitrogens with zero attached hydrogens (tertiary/aromatic N) is 2. The number of rotatable bonds is 4. The third-order valence-corrected chi connectivity index (χ3v) is 2.96. The minimum Gasteiger partial charge on any atom is -0.497 e. The highest BCUT2D eigenvalue weighted by atomic mass is 16.5. The van der Waals surface area contributed by atoms with E-state index in [1.54, 1.807) is 7.11 Å². The van der Waals surface area contributed by atoms with E-state index in [1.165, 1.54) is 12.8 Å². The van der Waals surface area contributed by atoms with Gasteiger partial charge in [0.1, 0.15) is 11.8 Å². The van der Waals surface area contributed by atoms with Gasteiger partial charge < -0.3 is 9.64 Å². The molecule has 1 fully saturated rings. The normalized spacial score (nSPS) is 14.3. The van der Waals surface area contributed by atoms with Crippen molar-refractivity contribution in [2.75, 3.05) is 18.6 Å². The van der Waals surface area contributed by atoms with E-state index in [-0.39, 0.29) is 0 Å². The molecule has 0 saturated heterocycles. The fourth-order valence-corrected chi connectivity index (χ4v) is 1.98. The highest BCUT2D eigenvalue weighted by molar-refractivity contribution is 5.63. The van der Waals surface area contributed by atoms with Gasteiger partial charge in [0.05, 0.1) is 18.4 Å². The van der Waals surface area contributed by atoms with Crippen molar-refractivity contribution in [2.24, 2.45) is 0 Å². The van der Waals surface area contributed by atoms with Crippen LogP contribution in [0.25, 0.3) is 0 Å². The van der Waals surface area contributed by atoms with Crippen molar-refractivity contribution in [3.63, 3.8) is 0 Å². The number of hydrogen-bond acceptors (Lipinski definition) is 3. The van der Waals surface area contributed by atoms with Gasteiger partial charge >= 0.3 is 0 Å². The molecule has 84 valence electrons. The Kier molecular flexibility index (Phi) is 3.00. The van der Waals surface area contributed by atoms with E-state index >= 15 is 0 Å². The number of hydrogen-bond donors (Lipinski definition) is 0. The lowest BCUT2D eigenvalue weighted by atomic mass is 10.1. The van der Waals surface area contributed by atoms with Crippen LogP contribution in [0.1, 0.15) is 25.3 Å². The number of nitriles is 1. The summed E-state index contributed by atoms with van der Waals surface area (Å²) in [5, 5.41) is 9.11. The molecule has 1 aliphatic rings. The summed E-state index contributed by atoms with van der Waals surface area (Å²) in [5.41, 5.74) is 1.74. The average molecular weight is 216 g/mol. The second-order valence-electron chi connectivity index (χ2n) is 4.01. The van der Waals surface area contributed by atoms with E-state index in [0.29, 0.717) is 6.04 Å². The molecular weight excluding hydrogens is 200 g/mol. The minimum atomic E-state index is 0.615. The van der Waals surface area contributed by atoms with Crippen LogP contribution in [0.4, 0.5) is 5.69 Å². The van der Waals surface area contributed by atoms with E-state index in [0.717, 1.165) is 23.5 Å². The number of ether oxygens (including phenoxy) is 1. The summed E-state index contributed by atoms with van der Waals surface area (Å²) in [7, 11) is 1.65. The van der Waals surface area contributed by atoms with Crippen molar-refractivity contribution >= 4 is 5.69 Å². The Morgan fingerprint density at radius 3 is 2.75 bits per heavy atom. The Morgan fingerprint density at radius 1 is 1.50 bits per heavy atom. The summed E-state index contributed by atoms with van der Waals surface area (Å²) in [6.07, 6.45) is 2.46. The van der Waals surface area contributed by atoms with Gasteiger partial charge in [-0.15, -0.1) is 0 Å². The monoisotopic (exact) mass is 216 g/mol. The molecule has 0 bridgehead atoms.